The molecule has 0 atom stereocenters. The van der Waals surface area contributed by atoms with Crippen LogP contribution >= 0.6 is 11.6 Å². The molecule has 12 heteroatoms. The van der Waals surface area contributed by atoms with E-state index in [0.29, 0.717) is 17.5 Å². The van der Waals surface area contributed by atoms with E-state index in [2.05, 4.69) is 5.10 Å². The molecule has 1 aliphatic rings. The van der Waals surface area contributed by atoms with Crippen molar-refractivity contribution < 1.29 is 26.4 Å². The van der Waals surface area contributed by atoms with Gasteiger partial charge in [-0.3, -0.25) is 9.48 Å². The maximum atomic E-state index is 13.0. The second kappa shape index (κ2) is 7.62. The Morgan fingerprint density at radius 2 is 1.76 bits per heavy atom. The van der Waals surface area contributed by atoms with Crippen molar-refractivity contribution in [3.8, 4) is 0 Å². The van der Waals surface area contributed by atoms with E-state index in [9.17, 15) is 26.4 Å². The Balaban J connectivity index is 1.78. The van der Waals surface area contributed by atoms with Crippen LogP contribution < -0.4 is 0 Å². The van der Waals surface area contributed by atoms with E-state index in [1.807, 2.05) is 0 Å². The number of aromatic nitrogens is 2. The molecule has 7 nitrogen and oxygen atoms in total. The van der Waals surface area contributed by atoms with Crippen molar-refractivity contribution in [3.63, 3.8) is 0 Å². The molecule has 0 bridgehead atoms. The van der Waals surface area contributed by atoms with Crippen molar-refractivity contribution in [2.75, 3.05) is 26.2 Å². The van der Waals surface area contributed by atoms with Gasteiger partial charge in [-0.2, -0.15) is 22.6 Å². The monoisotopic (exact) mass is 450 g/mol. The minimum atomic E-state index is -4.69. The van der Waals surface area contributed by atoms with Gasteiger partial charge in [0.05, 0.1) is 16.3 Å². The van der Waals surface area contributed by atoms with Crippen molar-refractivity contribution in [1.29, 1.82) is 0 Å². The molecule has 1 aromatic carbocycles. The first-order valence-electron chi connectivity index (χ1n) is 8.58. The molecule has 0 spiro atoms. The maximum Gasteiger partial charge on any atom is 0.416 e. The highest BCUT2D eigenvalue weighted by molar-refractivity contribution is 7.89. The first-order valence-corrected chi connectivity index (χ1v) is 10.4. The number of alkyl halides is 3. The van der Waals surface area contributed by atoms with Gasteiger partial charge in [0, 0.05) is 33.2 Å². The highest BCUT2D eigenvalue weighted by Crippen LogP contribution is 2.34. The smallest absolute Gasteiger partial charge is 0.335 e. The number of piperazine rings is 1. The molecule has 158 valence electrons. The van der Waals surface area contributed by atoms with Crippen LogP contribution in [-0.4, -0.2) is 59.5 Å². The van der Waals surface area contributed by atoms with Crippen molar-refractivity contribution in [2.24, 2.45) is 7.05 Å². The first kappa shape index (κ1) is 21.6. The van der Waals surface area contributed by atoms with Crippen molar-refractivity contribution >= 4 is 27.5 Å². The van der Waals surface area contributed by atoms with Crippen LogP contribution in [0.15, 0.2) is 29.2 Å². The molecule has 0 aliphatic carbocycles. The number of carbonyl (C=O) groups is 1. The molecule has 2 aromatic rings. The zero-order valence-corrected chi connectivity index (χ0v) is 17.1. The molecule has 29 heavy (non-hydrogen) atoms. The zero-order valence-electron chi connectivity index (χ0n) is 15.6. The molecule has 1 aliphatic heterocycles. The lowest BCUT2D eigenvalue weighted by molar-refractivity contribution is -0.137. The van der Waals surface area contributed by atoms with Gasteiger partial charge in [0.15, 0.2) is 0 Å². The molecule has 1 aromatic heterocycles. The molecule has 0 radical (unpaired) electrons. The quantitative estimate of drug-likeness (QED) is 0.720. The van der Waals surface area contributed by atoms with Gasteiger partial charge in [-0.05, 0) is 31.2 Å². The van der Waals surface area contributed by atoms with Crippen LogP contribution in [-0.2, 0) is 23.2 Å². The number of aryl methyl sites for hydroxylation is 2. The zero-order chi connectivity index (χ0) is 21.6. The Morgan fingerprint density at radius 3 is 2.28 bits per heavy atom. The highest BCUT2D eigenvalue weighted by Gasteiger charge is 2.36. The molecule has 0 unspecified atom stereocenters. The minimum Gasteiger partial charge on any atom is -0.335 e. The van der Waals surface area contributed by atoms with Gasteiger partial charge in [-0.15, -0.1) is 0 Å². The highest BCUT2D eigenvalue weighted by atomic mass is 35.5. The average Bonchev–Trinajstić information content (AvgIpc) is 2.98. The van der Waals surface area contributed by atoms with Gasteiger partial charge in [-0.1, -0.05) is 11.6 Å². The lowest BCUT2D eigenvalue weighted by atomic mass is 10.2. The summed E-state index contributed by atoms with van der Waals surface area (Å²) in [7, 11) is -2.61. The molecule has 1 fully saturated rings. The summed E-state index contributed by atoms with van der Waals surface area (Å²) in [6, 6.07) is 3.82. The van der Waals surface area contributed by atoms with Crippen molar-refractivity contribution in [2.45, 2.75) is 18.0 Å². The molecular formula is C17H18ClF3N4O3S. The Kier molecular flexibility index (Phi) is 5.67. The summed E-state index contributed by atoms with van der Waals surface area (Å²) in [5.74, 6) is -0.290. The molecule has 3 rings (SSSR count). The third kappa shape index (κ3) is 4.26. The Labute approximate surface area is 170 Å². The molecular weight excluding hydrogens is 433 g/mol. The van der Waals surface area contributed by atoms with Gasteiger partial charge < -0.3 is 4.90 Å². The van der Waals surface area contributed by atoms with E-state index in [1.54, 1.807) is 20.0 Å². The topological polar surface area (TPSA) is 75.5 Å². The van der Waals surface area contributed by atoms with E-state index in [4.69, 9.17) is 11.6 Å². The van der Waals surface area contributed by atoms with Gasteiger partial charge in [0.1, 0.15) is 10.6 Å². The van der Waals surface area contributed by atoms with Gasteiger partial charge in [0.25, 0.3) is 5.91 Å². The predicted octanol–water partition coefficient (Wildman–Crippen LogP) is 2.55. The second-order valence-electron chi connectivity index (χ2n) is 6.63. The number of carbonyl (C=O) groups excluding carboxylic acids is 1. The van der Waals surface area contributed by atoms with E-state index in [0.717, 1.165) is 16.4 Å². The number of nitrogens with zero attached hydrogens (tertiary/aromatic N) is 4. The van der Waals surface area contributed by atoms with E-state index < -0.39 is 26.7 Å². The summed E-state index contributed by atoms with van der Waals surface area (Å²) >= 11 is 5.88. The van der Waals surface area contributed by atoms with Gasteiger partial charge in [0.2, 0.25) is 10.0 Å². The summed E-state index contributed by atoms with van der Waals surface area (Å²) in [4.78, 5) is 13.5. The van der Waals surface area contributed by atoms with Gasteiger partial charge >= 0.3 is 6.18 Å². The largest absolute Gasteiger partial charge is 0.416 e. The lowest BCUT2D eigenvalue weighted by Crippen LogP contribution is -2.50. The van der Waals surface area contributed by atoms with Crippen LogP contribution in [0.25, 0.3) is 0 Å². The fourth-order valence-electron chi connectivity index (χ4n) is 3.12. The fraction of sp³-hybridized carbons (Fsp3) is 0.412. The summed E-state index contributed by atoms with van der Waals surface area (Å²) in [5.41, 5.74) is -0.0446. The van der Waals surface area contributed by atoms with Crippen LogP contribution in [0.2, 0.25) is 5.02 Å². The number of rotatable bonds is 3. The number of hydrogen-bond donors (Lipinski definition) is 0. The normalized spacial score (nSPS) is 16.3. The number of hydrogen-bond acceptors (Lipinski definition) is 4. The van der Waals surface area contributed by atoms with Crippen LogP contribution in [0.5, 0.6) is 0 Å². The summed E-state index contributed by atoms with van der Waals surface area (Å²) < 4.78 is 67.1. The minimum absolute atomic E-state index is 0.0581. The first-order chi connectivity index (χ1) is 13.4. The molecule has 1 saturated heterocycles. The number of sulfonamides is 1. The number of halogens is 4. The summed E-state index contributed by atoms with van der Waals surface area (Å²) in [5, 5.41) is 3.82. The lowest BCUT2D eigenvalue weighted by Gasteiger charge is -2.34. The fourth-order valence-corrected chi connectivity index (χ4v) is 5.04. The van der Waals surface area contributed by atoms with Crippen molar-refractivity contribution in [1.82, 2.24) is 19.0 Å². The molecule has 0 saturated carbocycles. The summed E-state index contributed by atoms with van der Waals surface area (Å²) in [6.45, 7) is 1.83. The SMILES string of the molecule is Cc1cc(C(=O)N2CCN(S(=O)(=O)c3cc(C(F)(F)F)ccc3Cl)CC2)n(C)n1. The maximum absolute atomic E-state index is 13.0. The van der Waals surface area contributed by atoms with Crippen LogP contribution in [0.3, 0.4) is 0 Å². The third-order valence-electron chi connectivity index (χ3n) is 4.62. The Morgan fingerprint density at radius 1 is 1.14 bits per heavy atom. The van der Waals surface area contributed by atoms with Crippen LogP contribution in [0.1, 0.15) is 21.7 Å². The third-order valence-corrected chi connectivity index (χ3v) is 7.00. The predicted molar refractivity (Wildman–Crippen MR) is 99.1 cm³/mol. The average molecular weight is 451 g/mol. The van der Waals surface area contributed by atoms with E-state index >= 15 is 0 Å². The van der Waals surface area contributed by atoms with E-state index in [-0.39, 0.29) is 37.1 Å². The number of amides is 1. The van der Waals surface area contributed by atoms with E-state index in [1.165, 1.54) is 9.58 Å². The number of benzene rings is 1. The second-order valence-corrected chi connectivity index (χ2v) is 8.95. The van der Waals surface area contributed by atoms with Crippen LogP contribution in [0.4, 0.5) is 13.2 Å². The summed E-state index contributed by atoms with van der Waals surface area (Å²) in [6.07, 6.45) is -4.69. The van der Waals surface area contributed by atoms with Crippen molar-refractivity contribution in [3.05, 3.63) is 46.2 Å². The molecule has 2 heterocycles. The molecule has 1 amide bonds. The van der Waals surface area contributed by atoms with Crippen LogP contribution in [0, 0.1) is 6.92 Å². The van der Waals surface area contributed by atoms with Gasteiger partial charge in [-0.25, -0.2) is 8.42 Å². The molecule has 0 N–H and O–H groups in total. The Bertz CT molecular complexity index is 1040. The standard InChI is InChI=1S/C17H18ClF3N4O3S/c1-11-9-14(23(2)22-11)16(26)24-5-7-25(8-6-24)29(27,28)15-10-12(17(19,20)21)3-4-13(15)18/h3-4,9-10H,5-8H2,1-2H3. The Hall–Kier alpha value is -2.11.